The van der Waals surface area contributed by atoms with E-state index in [2.05, 4.69) is 28.9 Å². The van der Waals surface area contributed by atoms with E-state index in [1.807, 2.05) is 28.8 Å². The lowest BCUT2D eigenvalue weighted by Crippen LogP contribution is -2.38. The minimum atomic E-state index is 0.0345. The Morgan fingerprint density at radius 3 is 2.68 bits per heavy atom. The molecule has 1 aromatic heterocycles. The standard InChI is InChI=1S/C17H26N4O/c1-19(2)10-5-11-20-12-8-14(9-13-20)21-16-7-4-3-6-15(16)18-17(21)22/h3-4,6-7,14H,5,8-13H2,1-2H3,(H,18,22). The lowest BCUT2D eigenvalue weighted by molar-refractivity contribution is 0.180. The normalized spacial score (nSPS) is 17.6. The molecule has 3 rings (SSSR count). The molecule has 1 aromatic carbocycles. The van der Waals surface area contributed by atoms with Crippen LogP contribution in [0.5, 0.6) is 0 Å². The number of hydrogen-bond acceptors (Lipinski definition) is 3. The molecule has 1 saturated heterocycles. The Kier molecular flexibility index (Phi) is 4.64. The monoisotopic (exact) mass is 302 g/mol. The molecule has 0 saturated carbocycles. The van der Waals surface area contributed by atoms with E-state index in [1.165, 1.54) is 6.42 Å². The van der Waals surface area contributed by atoms with Crippen LogP contribution in [-0.2, 0) is 0 Å². The Morgan fingerprint density at radius 2 is 1.95 bits per heavy atom. The van der Waals surface area contributed by atoms with Crippen molar-refractivity contribution in [3.63, 3.8) is 0 Å². The summed E-state index contributed by atoms with van der Waals surface area (Å²) < 4.78 is 1.96. The molecular weight excluding hydrogens is 276 g/mol. The van der Waals surface area contributed by atoms with Gasteiger partial charge in [0, 0.05) is 19.1 Å². The SMILES string of the molecule is CN(C)CCCN1CCC(n2c(=O)[nH]c3ccccc32)CC1. The van der Waals surface area contributed by atoms with Gasteiger partial charge in [-0.05, 0) is 58.6 Å². The number of piperidine rings is 1. The molecule has 5 nitrogen and oxygen atoms in total. The third-order valence-electron chi connectivity index (χ3n) is 4.63. The van der Waals surface area contributed by atoms with Gasteiger partial charge in [0.2, 0.25) is 0 Å². The van der Waals surface area contributed by atoms with E-state index in [1.54, 1.807) is 0 Å². The fraction of sp³-hybridized carbons (Fsp3) is 0.588. The number of likely N-dealkylation sites (tertiary alicyclic amines) is 1. The highest BCUT2D eigenvalue weighted by molar-refractivity contribution is 5.75. The molecule has 0 atom stereocenters. The topological polar surface area (TPSA) is 44.3 Å². The van der Waals surface area contributed by atoms with Gasteiger partial charge >= 0.3 is 5.69 Å². The smallest absolute Gasteiger partial charge is 0.309 e. The van der Waals surface area contributed by atoms with Crippen molar-refractivity contribution in [1.29, 1.82) is 0 Å². The third kappa shape index (κ3) is 3.25. The van der Waals surface area contributed by atoms with Crippen LogP contribution >= 0.6 is 0 Å². The van der Waals surface area contributed by atoms with Gasteiger partial charge in [-0.3, -0.25) is 4.57 Å². The Labute approximate surface area is 131 Å². The zero-order valence-corrected chi connectivity index (χ0v) is 13.6. The molecule has 1 N–H and O–H groups in total. The number of fused-ring (bicyclic) bond motifs is 1. The number of aromatic amines is 1. The maximum atomic E-state index is 12.3. The first kappa shape index (κ1) is 15.3. The molecule has 0 bridgehead atoms. The number of benzene rings is 1. The lowest BCUT2D eigenvalue weighted by Gasteiger charge is -2.32. The van der Waals surface area contributed by atoms with Crippen molar-refractivity contribution < 1.29 is 0 Å². The number of hydrogen-bond donors (Lipinski definition) is 1. The van der Waals surface area contributed by atoms with Gasteiger partial charge in [0.15, 0.2) is 0 Å². The molecule has 2 heterocycles. The largest absolute Gasteiger partial charge is 0.326 e. The van der Waals surface area contributed by atoms with Crippen molar-refractivity contribution in [2.75, 3.05) is 40.3 Å². The van der Waals surface area contributed by atoms with Gasteiger partial charge in [-0.1, -0.05) is 12.1 Å². The third-order valence-corrected chi connectivity index (χ3v) is 4.63. The first-order valence-electron chi connectivity index (χ1n) is 8.21. The summed E-state index contributed by atoms with van der Waals surface area (Å²) in [6.45, 7) is 4.48. The van der Waals surface area contributed by atoms with Crippen LogP contribution in [0.1, 0.15) is 25.3 Å². The average molecular weight is 302 g/mol. The zero-order valence-electron chi connectivity index (χ0n) is 13.6. The predicted octanol–water partition coefficient (Wildman–Crippen LogP) is 1.92. The van der Waals surface area contributed by atoms with Gasteiger partial charge in [0.1, 0.15) is 0 Å². The van der Waals surface area contributed by atoms with Crippen molar-refractivity contribution in [2.45, 2.75) is 25.3 Å². The quantitative estimate of drug-likeness (QED) is 0.918. The summed E-state index contributed by atoms with van der Waals surface area (Å²) in [4.78, 5) is 20.0. The maximum absolute atomic E-state index is 12.3. The van der Waals surface area contributed by atoms with Crippen molar-refractivity contribution in [1.82, 2.24) is 19.4 Å². The number of nitrogens with zero attached hydrogens (tertiary/aromatic N) is 3. The number of H-pyrrole nitrogens is 1. The van der Waals surface area contributed by atoms with Crippen LogP contribution < -0.4 is 5.69 Å². The van der Waals surface area contributed by atoms with Gasteiger partial charge in [-0.25, -0.2) is 4.79 Å². The first-order valence-corrected chi connectivity index (χ1v) is 8.21. The molecule has 0 radical (unpaired) electrons. The minimum absolute atomic E-state index is 0.0345. The molecule has 2 aromatic rings. The highest BCUT2D eigenvalue weighted by atomic mass is 16.1. The summed E-state index contributed by atoms with van der Waals surface area (Å²) in [5.41, 5.74) is 2.02. The average Bonchev–Trinajstić information content (AvgIpc) is 2.83. The second-order valence-corrected chi connectivity index (χ2v) is 6.55. The fourth-order valence-corrected chi connectivity index (χ4v) is 3.45. The molecule has 0 amide bonds. The lowest BCUT2D eigenvalue weighted by atomic mass is 10.0. The van der Waals surface area contributed by atoms with Crippen molar-refractivity contribution in [3.05, 3.63) is 34.7 Å². The number of rotatable bonds is 5. The van der Waals surface area contributed by atoms with E-state index in [9.17, 15) is 4.79 Å². The summed E-state index contributed by atoms with van der Waals surface area (Å²) in [7, 11) is 4.24. The molecule has 0 aliphatic carbocycles. The maximum Gasteiger partial charge on any atom is 0.326 e. The second kappa shape index (κ2) is 6.67. The Bertz CT molecular complexity index is 665. The van der Waals surface area contributed by atoms with Crippen LogP contribution in [0.2, 0.25) is 0 Å². The highest BCUT2D eigenvalue weighted by Crippen LogP contribution is 2.24. The van der Waals surface area contributed by atoms with E-state index < -0.39 is 0 Å². The summed E-state index contributed by atoms with van der Waals surface area (Å²) in [5.74, 6) is 0. The summed E-state index contributed by atoms with van der Waals surface area (Å²) in [5, 5.41) is 0. The van der Waals surface area contributed by atoms with Crippen LogP contribution in [0.25, 0.3) is 11.0 Å². The second-order valence-electron chi connectivity index (χ2n) is 6.55. The number of para-hydroxylation sites is 2. The highest BCUT2D eigenvalue weighted by Gasteiger charge is 2.23. The van der Waals surface area contributed by atoms with Crippen molar-refractivity contribution in [3.8, 4) is 0 Å². The molecule has 120 valence electrons. The van der Waals surface area contributed by atoms with Crippen LogP contribution in [-0.4, -0.2) is 59.6 Å². The van der Waals surface area contributed by atoms with Gasteiger partial charge in [-0.2, -0.15) is 0 Å². The van der Waals surface area contributed by atoms with E-state index in [4.69, 9.17) is 0 Å². The molecule has 0 spiro atoms. The van der Waals surface area contributed by atoms with Gasteiger partial charge in [0.25, 0.3) is 0 Å². The first-order chi connectivity index (χ1) is 10.6. The molecule has 1 aliphatic rings. The number of nitrogens with one attached hydrogen (secondary N) is 1. The Balaban J connectivity index is 1.63. The predicted molar refractivity (Wildman–Crippen MR) is 90.4 cm³/mol. The van der Waals surface area contributed by atoms with Crippen molar-refractivity contribution in [2.24, 2.45) is 0 Å². The summed E-state index contributed by atoms with van der Waals surface area (Å²) in [6.07, 6.45) is 3.33. The van der Waals surface area contributed by atoms with Crippen LogP contribution in [0.3, 0.4) is 0 Å². The minimum Gasteiger partial charge on any atom is -0.309 e. The zero-order chi connectivity index (χ0) is 15.5. The van der Waals surface area contributed by atoms with Crippen molar-refractivity contribution >= 4 is 11.0 Å². The van der Waals surface area contributed by atoms with Gasteiger partial charge < -0.3 is 14.8 Å². The molecule has 1 fully saturated rings. The van der Waals surface area contributed by atoms with E-state index in [0.717, 1.165) is 50.1 Å². The van der Waals surface area contributed by atoms with Crippen LogP contribution in [0.4, 0.5) is 0 Å². The van der Waals surface area contributed by atoms with Gasteiger partial charge in [0.05, 0.1) is 11.0 Å². The van der Waals surface area contributed by atoms with Gasteiger partial charge in [-0.15, -0.1) is 0 Å². The molecule has 5 heteroatoms. The molecule has 22 heavy (non-hydrogen) atoms. The van der Waals surface area contributed by atoms with Crippen LogP contribution in [0, 0.1) is 0 Å². The van der Waals surface area contributed by atoms with Crippen LogP contribution in [0.15, 0.2) is 29.1 Å². The molecule has 0 unspecified atom stereocenters. The Hall–Kier alpha value is -1.59. The molecule has 1 aliphatic heterocycles. The van der Waals surface area contributed by atoms with E-state index in [0.29, 0.717) is 6.04 Å². The number of aromatic nitrogens is 2. The molecular formula is C17H26N4O. The number of imidazole rings is 1. The van der Waals surface area contributed by atoms with E-state index >= 15 is 0 Å². The summed E-state index contributed by atoms with van der Waals surface area (Å²) >= 11 is 0. The fourth-order valence-electron chi connectivity index (χ4n) is 3.45. The van der Waals surface area contributed by atoms with E-state index in [-0.39, 0.29) is 5.69 Å². The Morgan fingerprint density at radius 1 is 1.23 bits per heavy atom. The summed E-state index contributed by atoms with van der Waals surface area (Å²) in [6, 6.07) is 8.31.